The van der Waals surface area contributed by atoms with Gasteiger partial charge in [-0.3, -0.25) is 0 Å². The van der Waals surface area contributed by atoms with E-state index in [2.05, 4.69) is 13.8 Å². The van der Waals surface area contributed by atoms with Gasteiger partial charge in [0.1, 0.15) is 0 Å². The van der Waals surface area contributed by atoms with Crippen molar-refractivity contribution in [2.24, 2.45) is 58.4 Å². The number of ether oxygens (including phenoxy) is 1. The number of fused-ring (bicyclic) bond motifs is 5. The molecule has 4 rings (SSSR count). The SMILES string of the molecule is CCOC[C@@]1(O)CC[C@H]2[C@H](CC[C@@H]3[C@@H]2CC[C@]2(C)[C@@H](C(C)CN(N)/C=C\N)CC[C@@H]32)C1. The van der Waals surface area contributed by atoms with E-state index < -0.39 is 5.60 Å². The molecule has 0 heterocycles. The molecule has 4 fully saturated rings. The lowest BCUT2D eigenvalue weighted by Gasteiger charge is -2.57. The fraction of sp³-hybridized carbons (Fsp3) is 0.923. The summed E-state index contributed by atoms with van der Waals surface area (Å²) in [7, 11) is 0. The normalized spacial score (nSPS) is 45.7. The number of hydrogen-bond donors (Lipinski definition) is 3. The van der Waals surface area contributed by atoms with E-state index in [1.54, 1.807) is 11.2 Å². The van der Waals surface area contributed by atoms with Crippen molar-refractivity contribution in [3.63, 3.8) is 0 Å². The summed E-state index contributed by atoms with van der Waals surface area (Å²) in [6.07, 6.45) is 14.6. The van der Waals surface area contributed by atoms with Gasteiger partial charge in [-0.2, -0.15) is 0 Å². The Morgan fingerprint density at radius 2 is 1.87 bits per heavy atom. The lowest BCUT2D eigenvalue weighted by Crippen LogP contribution is -2.52. The summed E-state index contributed by atoms with van der Waals surface area (Å²) in [6, 6.07) is 0. The van der Waals surface area contributed by atoms with Crippen LogP contribution in [-0.4, -0.2) is 35.5 Å². The Morgan fingerprint density at radius 3 is 2.61 bits per heavy atom. The molecule has 4 aliphatic carbocycles. The average Bonchev–Trinajstić information content (AvgIpc) is 3.09. The van der Waals surface area contributed by atoms with Gasteiger partial charge in [-0.15, -0.1) is 0 Å². The predicted octanol–water partition coefficient (Wildman–Crippen LogP) is 4.26. The van der Waals surface area contributed by atoms with Gasteiger partial charge in [0.2, 0.25) is 0 Å². The van der Waals surface area contributed by atoms with Gasteiger partial charge in [0, 0.05) is 25.6 Å². The first-order chi connectivity index (χ1) is 14.8. The highest BCUT2D eigenvalue weighted by atomic mass is 16.5. The largest absolute Gasteiger partial charge is 0.403 e. The molecule has 4 saturated carbocycles. The second-order valence-corrected chi connectivity index (χ2v) is 11.8. The van der Waals surface area contributed by atoms with Crippen molar-refractivity contribution in [3.8, 4) is 0 Å². The van der Waals surface area contributed by atoms with E-state index in [0.29, 0.717) is 30.5 Å². The Bertz CT molecular complexity index is 642. The molecule has 0 aliphatic heterocycles. The fourth-order valence-electron chi connectivity index (χ4n) is 8.99. The highest BCUT2D eigenvalue weighted by Crippen LogP contribution is 2.65. The quantitative estimate of drug-likeness (QED) is 0.412. The number of rotatable bonds is 7. The van der Waals surface area contributed by atoms with Crippen molar-refractivity contribution in [1.29, 1.82) is 0 Å². The molecule has 0 aromatic rings. The van der Waals surface area contributed by atoms with Crippen LogP contribution < -0.4 is 11.6 Å². The molecule has 5 heteroatoms. The van der Waals surface area contributed by atoms with E-state index in [1.807, 2.05) is 6.92 Å². The zero-order valence-electron chi connectivity index (χ0n) is 20.1. The van der Waals surface area contributed by atoms with Gasteiger partial charge in [-0.05, 0) is 112 Å². The maximum absolute atomic E-state index is 11.1. The van der Waals surface area contributed by atoms with Gasteiger partial charge in [-0.25, -0.2) is 5.84 Å². The third kappa shape index (κ3) is 4.39. The minimum atomic E-state index is -0.576. The fourth-order valence-corrected chi connectivity index (χ4v) is 8.99. The summed E-state index contributed by atoms with van der Waals surface area (Å²) >= 11 is 0. The third-order valence-electron chi connectivity index (χ3n) is 10.2. The molecule has 5 N–H and O–H groups in total. The van der Waals surface area contributed by atoms with E-state index in [4.69, 9.17) is 16.3 Å². The van der Waals surface area contributed by atoms with Gasteiger partial charge >= 0.3 is 0 Å². The molecule has 0 aromatic heterocycles. The first-order valence-corrected chi connectivity index (χ1v) is 13.0. The summed E-state index contributed by atoms with van der Waals surface area (Å²) in [5.41, 5.74) is 5.42. The molecule has 31 heavy (non-hydrogen) atoms. The maximum Gasteiger partial charge on any atom is 0.0883 e. The second-order valence-electron chi connectivity index (χ2n) is 11.8. The molecule has 0 bridgehead atoms. The van der Waals surface area contributed by atoms with E-state index in [9.17, 15) is 5.11 Å². The monoisotopic (exact) mass is 433 g/mol. The highest BCUT2D eigenvalue weighted by molar-refractivity contribution is 5.08. The molecule has 5 nitrogen and oxygen atoms in total. The molecular weight excluding hydrogens is 386 g/mol. The minimum absolute atomic E-state index is 0.463. The lowest BCUT2D eigenvalue weighted by molar-refractivity contribution is -0.129. The maximum atomic E-state index is 11.1. The van der Waals surface area contributed by atoms with Crippen LogP contribution in [-0.2, 0) is 4.74 Å². The Kier molecular flexibility index (Phi) is 6.96. The zero-order valence-corrected chi connectivity index (χ0v) is 20.1. The summed E-state index contributed by atoms with van der Waals surface area (Å²) in [6.45, 7) is 9.14. The Hall–Kier alpha value is -0.780. The van der Waals surface area contributed by atoms with Gasteiger partial charge < -0.3 is 20.6 Å². The van der Waals surface area contributed by atoms with Crippen LogP contribution in [0.2, 0.25) is 0 Å². The van der Waals surface area contributed by atoms with E-state index in [0.717, 1.165) is 49.0 Å². The Balaban J connectivity index is 1.42. The van der Waals surface area contributed by atoms with Crippen molar-refractivity contribution in [1.82, 2.24) is 5.01 Å². The van der Waals surface area contributed by atoms with Crippen LogP contribution >= 0.6 is 0 Å². The molecule has 0 saturated heterocycles. The minimum Gasteiger partial charge on any atom is -0.403 e. The molecule has 0 amide bonds. The van der Waals surface area contributed by atoms with Crippen molar-refractivity contribution in [2.75, 3.05) is 19.8 Å². The summed E-state index contributed by atoms with van der Waals surface area (Å²) in [5, 5.41) is 12.9. The first kappa shape index (κ1) is 23.4. The summed E-state index contributed by atoms with van der Waals surface area (Å²) < 4.78 is 5.64. The predicted molar refractivity (Wildman–Crippen MR) is 125 cm³/mol. The number of aliphatic hydroxyl groups is 1. The van der Waals surface area contributed by atoms with E-state index >= 15 is 0 Å². The molecule has 0 radical (unpaired) electrons. The number of hydrazine groups is 1. The standard InChI is InChI=1S/C26H47N3O2/c1-4-31-17-26(30)12-10-20-19(15-26)5-6-22-21(20)9-11-25(3)23(7-8-24(22)25)18(2)16-29(28)14-13-27/h13-14,18-24,30H,4-12,15-17,27-28H2,1-3H3/b14-13-/t18?,19-,20+,21-,22-,23-,24+,25-,26-/m1/s1. The number of nitrogens with two attached hydrogens (primary N) is 2. The Labute approximate surface area is 189 Å². The van der Waals surface area contributed by atoms with Gasteiger partial charge in [0.15, 0.2) is 0 Å². The molecule has 178 valence electrons. The van der Waals surface area contributed by atoms with Gasteiger partial charge in [0.05, 0.1) is 12.2 Å². The van der Waals surface area contributed by atoms with Crippen molar-refractivity contribution < 1.29 is 9.84 Å². The number of nitrogens with zero attached hydrogens (tertiary/aromatic N) is 1. The van der Waals surface area contributed by atoms with Crippen LogP contribution in [0.5, 0.6) is 0 Å². The summed E-state index contributed by atoms with van der Waals surface area (Å²) in [5.74, 6) is 11.7. The van der Waals surface area contributed by atoms with Crippen LogP contribution in [0, 0.1) is 46.8 Å². The molecule has 9 atom stereocenters. The van der Waals surface area contributed by atoms with Crippen molar-refractivity contribution >= 4 is 0 Å². The highest BCUT2D eigenvalue weighted by Gasteiger charge is 2.58. The molecule has 1 unspecified atom stereocenters. The van der Waals surface area contributed by atoms with E-state index in [-0.39, 0.29) is 0 Å². The molecule has 0 spiro atoms. The number of hydrogen-bond acceptors (Lipinski definition) is 5. The molecular formula is C26H47N3O2. The van der Waals surface area contributed by atoms with Crippen molar-refractivity contribution in [3.05, 3.63) is 12.4 Å². The third-order valence-corrected chi connectivity index (χ3v) is 10.2. The summed E-state index contributed by atoms with van der Waals surface area (Å²) in [4.78, 5) is 0. The van der Waals surface area contributed by atoms with Crippen LogP contribution in [0.3, 0.4) is 0 Å². The van der Waals surface area contributed by atoms with Gasteiger partial charge in [0.25, 0.3) is 0 Å². The van der Waals surface area contributed by atoms with Crippen LogP contribution in [0.25, 0.3) is 0 Å². The van der Waals surface area contributed by atoms with Crippen molar-refractivity contribution in [2.45, 2.75) is 84.2 Å². The Morgan fingerprint density at radius 1 is 1.10 bits per heavy atom. The first-order valence-electron chi connectivity index (χ1n) is 13.0. The van der Waals surface area contributed by atoms with Crippen LogP contribution in [0.15, 0.2) is 12.4 Å². The molecule has 4 aliphatic rings. The topological polar surface area (TPSA) is 84.7 Å². The molecule has 0 aromatic carbocycles. The van der Waals surface area contributed by atoms with Crippen LogP contribution in [0.4, 0.5) is 0 Å². The smallest absolute Gasteiger partial charge is 0.0883 e. The van der Waals surface area contributed by atoms with Gasteiger partial charge in [-0.1, -0.05) is 13.8 Å². The van der Waals surface area contributed by atoms with Crippen LogP contribution in [0.1, 0.15) is 78.6 Å². The lowest BCUT2D eigenvalue weighted by atomic mass is 9.48. The zero-order chi connectivity index (χ0) is 22.2. The van der Waals surface area contributed by atoms with E-state index in [1.165, 1.54) is 51.1 Å². The average molecular weight is 434 g/mol. The second kappa shape index (κ2) is 9.23.